The molecule has 1 aromatic rings. The largest absolute Gasteiger partial charge is 0.320 e. The summed E-state index contributed by atoms with van der Waals surface area (Å²) in [6.45, 7) is 6.27. The van der Waals surface area contributed by atoms with Crippen molar-refractivity contribution in [1.29, 1.82) is 0 Å². The molecule has 1 amide bonds. The number of hydrogen-bond acceptors (Lipinski definition) is 2. The zero-order chi connectivity index (χ0) is 17.9. The summed E-state index contributed by atoms with van der Waals surface area (Å²) < 4.78 is 0. The van der Waals surface area contributed by atoms with Gasteiger partial charge in [-0.2, -0.15) is 0 Å². The van der Waals surface area contributed by atoms with Crippen molar-refractivity contribution in [2.75, 3.05) is 11.4 Å². The molecule has 24 heavy (non-hydrogen) atoms. The fourth-order valence-corrected chi connectivity index (χ4v) is 2.62. The molecule has 4 heteroatoms. The average molecular weight is 322 g/mol. The van der Waals surface area contributed by atoms with Gasteiger partial charge in [-0.15, -0.1) is 0 Å². The third-order valence-corrected chi connectivity index (χ3v) is 3.88. The molecule has 1 saturated heterocycles. The normalized spacial score (nSPS) is 18.8. The van der Waals surface area contributed by atoms with Crippen molar-refractivity contribution in [2.24, 2.45) is 5.73 Å². The summed E-state index contributed by atoms with van der Waals surface area (Å²) in [6, 6.07) is 7.75. The van der Waals surface area contributed by atoms with E-state index in [0.717, 1.165) is 36.2 Å². The van der Waals surface area contributed by atoms with Gasteiger partial charge < -0.3 is 10.6 Å². The highest BCUT2D eigenvalue weighted by atomic mass is 16.2. The Morgan fingerprint density at radius 3 is 2.46 bits per heavy atom. The quantitative estimate of drug-likeness (QED) is 0.675. The summed E-state index contributed by atoms with van der Waals surface area (Å²) in [6.07, 6.45) is 11.9. The lowest BCUT2D eigenvalue weighted by Crippen LogP contribution is -2.48. The van der Waals surface area contributed by atoms with E-state index in [1.165, 1.54) is 6.82 Å². The van der Waals surface area contributed by atoms with Crippen molar-refractivity contribution >= 4 is 25.0 Å². The summed E-state index contributed by atoms with van der Waals surface area (Å²) in [7, 11) is 4.50. The highest BCUT2D eigenvalue weighted by molar-refractivity contribution is 6.05. The zero-order valence-corrected chi connectivity index (χ0v) is 14.9. The van der Waals surface area contributed by atoms with Crippen LogP contribution in [0.3, 0.4) is 0 Å². The summed E-state index contributed by atoms with van der Waals surface area (Å²) >= 11 is 0. The van der Waals surface area contributed by atoms with Gasteiger partial charge in [0.2, 0.25) is 5.91 Å². The number of anilines is 1. The molecule has 1 aliphatic heterocycles. The Bertz CT molecular complexity index is 603. The van der Waals surface area contributed by atoms with Crippen molar-refractivity contribution in [3.63, 3.8) is 0 Å². The molecule has 3 nitrogen and oxygen atoms in total. The van der Waals surface area contributed by atoms with Crippen LogP contribution in [0, 0.1) is 0 Å². The van der Waals surface area contributed by atoms with E-state index >= 15 is 0 Å². The predicted octanol–water partition coefficient (Wildman–Crippen LogP) is 3.88. The molecular formula is C20H27BN2O. The first-order valence-corrected chi connectivity index (χ1v) is 8.38. The Labute approximate surface area is 147 Å². The van der Waals surface area contributed by atoms with Gasteiger partial charge in [0.05, 0.1) is 13.9 Å². The van der Waals surface area contributed by atoms with Gasteiger partial charge in [-0.05, 0) is 50.0 Å². The number of carbonyl (C=O) groups excluding carboxylic acids is 1. The lowest BCUT2D eigenvalue weighted by Gasteiger charge is -2.30. The first-order valence-electron chi connectivity index (χ1n) is 8.38. The first kappa shape index (κ1) is 20.0. The van der Waals surface area contributed by atoms with E-state index < -0.39 is 0 Å². The third-order valence-electron chi connectivity index (χ3n) is 3.88. The zero-order valence-electron chi connectivity index (χ0n) is 14.9. The number of rotatable bonds is 4. The molecule has 0 bridgehead atoms. The van der Waals surface area contributed by atoms with Gasteiger partial charge in [-0.1, -0.05) is 49.3 Å². The van der Waals surface area contributed by atoms with Crippen LogP contribution in [0.1, 0.15) is 32.3 Å². The minimum absolute atomic E-state index is 0.0261. The smallest absolute Gasteiger partial charge is 0.243 e. The standard InChI is InChI=1S/C19H24N2O.CH3B/c1-3-5-6-8-15(4-2)16-10-12-17(13-11-16)21-14-7-9-18(20)19(21)22;1-2/h3-6,8,10-13,18H,7,9,14,20H2,1-2H3;1H3/b5-3-,8-6-,15-4+;. The second-order valence-electron chi connectivity index (χ2n) is 5.41. The molecule has 2 N–H and O–H groups in total. The number of amides is 1. The minimum Gasteiger partial charge on any atom is -0.320 e. The van der Waals surface area contributed by atoms with Gasteiger partial charge in [0.1, 0.15) is 0 Å². The van der Waals surface area contributed by atoms with Crippen molar-refractivity contribution in [3.05, 3.63) is 60.2 Å². The molecule has 1 aromatic carbocycles. The van der Waals surface area contributed by atoms with Crippen LogP contribution in [0.25, 0.3) is 5.57 Å². The number of benzene rings is 1. The van der Waals surface area contributed by atoms with Crippen molar-refractivity contribution in [1.82, 2.24) is 0 Å². The highest BCUT2D eigenvalue weighted by Crippen LogP contribution is 2.24. The van der Waals surface area contributed by atoms with Crippen LogP contribution >= 0.6 is 0 Å². The number of allylic oxidation sites excluding steroid dienone is 6. The number of nitrogens with two attached hydrogens (primary N) is 1. The Morgan fingerprint density at radius 1 is 1.21 bits per heavy atom. The van der Waals surface area contributed by atoms with Gasteiger partial charge in [0, 0.05) is 12.2 Å². The van der Waals surface area contributed by atoms with Crippen LogP contribution in [-0.4, -0.2) is 26.3 Å². The second kappa shape index (κ2) is 10.7. The van der Waals surface area contributed by atoms with Crippen molar-refractivity contribution in [2.45, 2.75) is 39.6 Å². The molecule has 1 unspecified atom stereocenters. The van der Waals surface area contributed by atoms with Gasteiger partial charge in [-0.3, -0.25) is 4.79 Å². The van der Waals surface area contributed by atoms with Crippen molar-refractivity contribution < 1.29 is 4.79 Å². The van der Waals surface area contributed by atoms with Crippen LogP contribution in [0.4, 0.5) is 5.69 Å². The Morgan fingerprint density at radius 2 is 1.88 bits per heavy atom. The molecule has 1 atom stereocenters. The molecule has 1 fully saturated rings. The third kappa shape index (κ3) is 5.24. The van der Waals surface area contributed by atoms with E-state index in [2.05, 4.69) is 32.1 Å². The molecule has 2 rings (SSSR count). The van der Waals surface area contributed by atoms with E-state index in [1.54, 1.807) is 4.90 Å². The van der Waals surface area contributed by atoms with Crippen LogP contribution in [-0.2, 0) is 4.79 Å². The molecule has 0 aliphatic carbocycles. The number of hydrogen-bond donors (Lipinski definition) is 1. The van der Waals surface area contributed by atoms with Crippen LogP contribution in [0.5, 0.6) is 0 Å². The highest BCUT2D eigenvalue weighted by Gasteiger charge is 2.26. The molecule has 0 spiro atoms. The van der Waals surface area contributed by atoms with Crippen LogP contribution in [0.15, 0.2) is 54.6 Å². The fourth-order valence-electron chi connectivity index (χ4n) is 2.62. The van der Waals surface area contributed by atoms with E-state index in [1.807, 2.05) is 44.2 Å². The topological polar surface area (TPSA) is 46.3 Å². The lowest BCUT2D eigenvalue weighted by molar-refractivity contribution is -0.120. The lowest BCUT2D eigenvalue weighted by atomic mass is 10.0. The minimum atomic E-state index is -0.358. The molecule has 2 radical (unpaired) electrons. The summed E-state index contributed by atoms with van der Waals surface area (Å²) in [5.74, 6) is 0.0261. The first-order chi connectivity index (χ1) is 11.7. The summed E-state index contributed by atoms with van der Waals surface area (Å²) in [5, 5.41) is 0. The molecule has 1 aliphatic rings. The number of carbonyl (C=O) groups is 1. The van der Waals surface area contributed by atoms with Gasteiger partial charge >= 0.3 is 0 Å². The van der Waals surface area contributed by atoms with E-state index in [9.17, 15) is 4.79 Å². The molecule has 0 aromatic heterocycles. The summed E-state index contributed by atoms with van der Waals surface area (Å²) in [4.78, 5) is 13.9. The molecular weight excluding hydrogens is 295 g/mol. The maximum Gasteiger partial charge on any atom is 0.243 e. The van der Waals surface area contributed by atoms with E-state index in [4.69, 9.17) is 5.73 Å². The molecule has 126 valence electrons. The number of piperidine rings is 1. The summed E-state index contributed by atoms with van der Waals surface area (Å²) in [5.41, 5.74) is 9.08. The van der Waals surface area contributed by atoms with Gasteiger partial charge in [0.25, 0.3) is 0 Å². The van der Waals surface area contributed by atoms with E-state index in [0.29, 0.717) is 0 Å². The maximum atomic E-state index is 12.1. The monoisotopic (exact) mass is 322 g/mol. The van der Waals surface area contributed by atoms with E-state index in [-0.39, 0.29) is 11.9 Å². The van der Waals surface area contributed by atoms with Gasteiger partial charge in [0.15, 0.2) is 0 Å². The predicted molar refractivity (Wildman–Crippen MR) is 105 cm³/mol. The van der Waals surface area contributed by atoms with Crippen LogP contribution in [0.2, 0.25) is 6.82 Å². The Hall–Kier alpha value is -2.07. The average Bonchev–Trinajstić information content (AvgIpc) is 2.63. The van der Waals surface area contributed by atoms with Crippen LogP contribution < -0.4 is 10.6 Å². The fraction of sp³-hybridized carbons (Fsp3) is 0.350. The maximum absolute atomic E-state index is 12.1. The second-order valence-corrected chi connectivity index (χ2v) is 5.41. The Kier molecular flexibility index (Phi) is 8.88. The van der Waals surface area contributed by atoms with Gasteiger partial charge in [-0.25, -0.2) is 0 Å². The SMILES string of the molecule is C\C=C/C=C\C(=C/C)c1ccc(N2CCCC(N)C2=O)cc1.[B]C. The molecule has 1 heterocycles. The Balaban J connectivity index is 0.00000139. The number of nitrogens with zero attached hydrogens (tertiary/aromatic N) is 1. The molecule has 0 saturated carbocycles. The van der Waals surface area contributed by atoms with Crippen molar-refractivity contribution in [3.8, 4) is 0 Å².